The number of primary amides is 1. The number of ether oxygens (including phenoxy) is 2. The first-order valence-electron chi connectivity index (χ1n) is 12.2. The van der Waals surface area contributed by atoms with Gasteiger partial charge in [-0.05, 0) is 72.8 Å². The van der Waals surface area contributed by atoms with Crippen molar-refractivity contribution in [2.75, 3.05) is 30.9 Å². The molecular formula is C27H33N5O5S. The molecule has 1 aromatic heterocycles. The topological polar surface area (TPSA) is 150 Å². The Labute approximate surface area is 226 Å². The van der Waals surface area contributed by atoms with Gasteiger partial charge in [-0.15, -0.1) is 0 Å². The molecule has 0 saturated heterocycles. The van der Waals surface area contributed by atoms with Crippen molar-refractivity contribution in [1.29, 1.82) is 0 Å². The predicted molar refractivity (Wildman–Crippen MR) is 148 cm³/mol. The number of aromatic nitrogens is 1. The van der Waals surface area contributed by atoms with E-state index in [1.54, 1.807) is 48.5 Å². The van der Waals surface area contributed by atoms with E-state index in [0.29, 0.717) is 41.8 Å². The third kappa shape index (κ3) is 6.60. The average Bonchev–Trinajstić information content (AvgIpc) is 3.29. The molecule has 5 N–H and O–H groups in total. The summed E-state index contributed by atoms with van der Waals surface area (Å²) in [6, 6.07) is 12.6. The molecule has 0 aliphatic carbocycles. The number of nitrogens with one attached hydrogen (secondary N) is 1. The molecule has 3 amide bonds. The van der Waals surface area contributed by atoms with Crippen LogP contribution in [0.3, 0.4) is 0 Å². The fraction of sp³-hybridized carbons (Fsp3) is 0.333. The van der Waals surface area contributed by atoms with Gasteiger partial charge in [0.05, 0.1) is 19.4 Å². The Kier molecular flexibility index (Phi) is 9.66. The number of carbonyl (C=O) groups excluding carboxylic acids is 3. The lowest BCUT2D eigenvalue weighted by molar-refractivity contribution is -0.122. The van der Waals surface area contributed by atoms with E-state index < -0.39 is 17.9 Å². The van der Waals surface area contributed by atoms with E-state index in [2.05, 4.69) is 23.5 Å². The van der Waals surface area contributed by atoms with Crippen LogP contribution in [0.4, 0.5) is 11.4 Å². The molecule has 0 bridgehead atoms. The second kappa shape index (κ2) is 12.9. The number of nitrogens with zero attached hydrogens (tertiary/aromatic N) is 2. The Bertz CT molecular complexity index is 1260. The minimum Gasteiger partial charge on any atom is -0.497 e. The number of hydrogen-bond acceptors (Lipinski definition) is 8. The van der Waals surface area contributed by atoms with Gasteiger partial charge in [0.15, 0.2) is 5.69 Å². The summed E-state index contributed by atoms with van der Waals surface area (Å²) >= 11 is 0.755. The second-order valence-electron chi connectivity index (χ2n) is 8.89. The fourth-order valence-electron chi connectivity index (χ4n) is 3.78. The zero-order chi connectivity index (χ0) is 27.8. The lowest BCUT2D eigenvalue weighted by Gasteiger charge is -2.31. The van der Waals surface area contributed by atoms with Crippen LogP contribution in [0.1, 0.15) is 59.0 Å². The normalized spacial score (nSPS) is 11.6. The van der Waals surface area contributed by atoms with Gasteiger partial charge in [-0.25, -0.2) is 0 Å². The van der Waals surface area contributed by atoms with Gasteiger partial charge >= 0.3 is 0 Å². The number of carbonyl (C=O) groups is 3. The van der Waals surface area contributed by atoms with E-state index in [1.807, 2.05) is 6.92 Å². The molecule has 2 aromatic carbocycles. The zero-order valence-electron chi connectivity index (χ0n) is 21.9. The average molecular weight is 540 g/mol. The molecule has 10 nitrogen and oxygen atoms in total. The quantitative estimate of drug-likeness (QED) is 0.317. The van der Waals surface area contributed by atoms with Gasteiger partial charge < -0.3 is 26.3 Å². The Morgan fingerprint density at radius 3 is 2.21 bits per heavy atom. The zero-order valence-corrected chi connectivity index (χ0v) is 22.7. The fourth-order valence-corrected chi connectivity index (χ4v) is 4.52. The first-order chi connectivity index (χ1) is 18.2. The molecule has 0 unspecified atom stereocenters. The predicted octanol–water partition coefficient (Wildman–Crippen LogP) is 3.78. The number of amides is 3. The lowest BCUT2D eigenvalue weighted by Crippen LogP contribution is -2.44. The monoisotopic (exact) mass is 539 g/mol. The summed E-state index contributed by atoms with van der Waals surface area (Å²) in [4.78, 5) is 40.9. The van der Waals surface area contributed by atoms with Gasteiger partial charge in [-0.1, -0.05) is 26.0 Å². The maximum absolute atomic E-state index is 14.1. The van der Waals surface area contributed by atoms with Gasteiger partial charge in [-0.2, -0.15) is 4.37 Å². The highest BCUT2D eigenvalue weighted by Crippen LogP contribution is 2.34. The molecule has 3 rings (SSSR count). The van der Waals surface area contributed by atoms with Crippen molar-refractivity contribution in [3.63, 3.8) is 0 Å². The van der Waals surface area contributed by atoms with E-state index in [-0.39, 0.29) is 22.2 Å². The van der Waals surface area contributed by atoms with Crippen LogP contribution in [-0.2, 0) is 4.79 Å². The Morgan fingerprint density at radius 1 is 1.05 bits per heavy atom. The van der Waals surface area contributed by atoms with Gasteiger partial charge in [0, 0.05) is 12.2 Å². The van der Waals surface area contributed by atoms with Crippen molar-refractivity contribution in [1.82, 2.24) is 9.69 Å². The van der Waals surface area contributed by atoms with Crippen LogP contribution in [0.25, 0.3) is 0 Å². The van der Waals surface area contributed by atoms with Crippen LogP contribution in [0.2, 0.25) is 0 Å². The highest BCUT2D eigenvalue weighted by Gasteiger charge is 2.36. The van der Waals surface area contributed by atoms with Gasteiger partial charge in [0.2, 0.25) is 5.91 Å². The van der Waals surface area contributed by atoms with Crippen molar-refractivity contribution >= 4 is 40.6 Å². The van der Waals surface area contributed by atoms with Crippen LogP contribution in [0.5, 0.6) is 11.5 Å². The third-order valence-corrected chi connectivity index (χ3v) is 6.61. The van der Waals surface area contributed by atoms with Crippen LogP contribution in [0, 0.1) is 5.92 Å². The summed E-state index contributed by atoms with van der Waals surface area (Å²) in [5.74, 6) is -0.234. The van der Waals surface area contributed by atoms with E-state index in [0.717, 1.165) is 18.0 Å². The number of rotatable bonds is 12. The molecule has 0 fully saturated rings. The first kappa shape index (κ1) is 28.5. The number of nitrogens with two attached hydrogens (primary N) is 2. The minimum atomic E-state index is -1.07. The van der Waals surface area contributed by atoms with Gasteiger partial charge in [-0.3, -0.25) is 19.3 Å². The molecule has 0 spiro atoms. The lowest BCUT2D eigenvalue weighted by atomic mass is 10.0. The number of nitrogen functional groups attached to an aromatic ring is 1. The Hall–Kier alpha value is -4.12. The van der Waals surface area contributed by atoms with E-state index in [9.17, 15) is 14.4 Å². The molecule has 3 aromatic rings. The summed E-state index contributed by atoms with van der Waals surface area (Å²) in [5, 5.41) is 2.96. The smallest absolute Gasteiger partial charge is 0.273 e. The minimum absolute atomic E-state index is 0.000495. The molecule has 0 radical (unpaired) electrons. The summed E-state index contributed by atoms with van der Waals surface area (Å²) < 4.78 is 14.8. The van der Waals surface area contributed by atoms with Gasteiger partial charge in [0.25, 0.3) is 11.8 Å². The molecule has 0 aliphatic rings. The highest BCUT2D eigenvalue weighted by atomic mass is 32.1. The molecule has 1 heterocycles. The summed E-state index contributed by atoms with van der Waals surface area (Å²) in [6.07, 6.45) is 0.766. The molecule has 38 heavy (non-hydrogen) atoms. The van der Waals surface area contributed by atoms with Gasteiger partial charge in [0.1, 0.15) is 22.4 Å². The maximum atomic E-state index is 14.1. The molecular weight excluding hydrogens is 506 g/mol. The van der Waals surface area contributed by atoms with E-state index in [1.165, 1.54) is 12.0 Å². The van der Waals surface area contributed by atoms with Crippen molar-refractivity contribution in [3.05, 3.63) is 64.7 Å². The second-order valence-corrected chi connectivity index (χ2v) is 9.66. The summed E-state index contributed by atoms with van der Waals surface area (Å²) in [7, 11) is 1.53. The maximum Gasteiger partial charge on any atom is 0.273 e. The number of hydrogen-bond donors (Lipinski definition) is 3. The van der Waals surface area contributed by atoms with Crippen LogP contribution < -0.4 is 31.2 Å². The summed E-state index contributed by atoms with van der Waals surface area (Å²) in [5.41, 5.74) is 12.1. The van der Waals surface area contributed by atoms with Crippen LogP contribution in [-0.4, -0.2) is 42.4 Å². The largest absolute Gasteiger partial charge is 0.497 e. The molecule has 11 heteroatoms. The first-order valence-corrected chi connectivity index (χ1v) is 13.0. The van der Waals surface area contributed by atoms with Crippen molar-refractivity contribution in [2.24, 2.45) is 11.7 Å². The van der Waals surface area contributed by atoms with E-state index >= 15 is 0 Å². The molecule has 0 saturated carbocycles. The number of anilines is 2. The molecule has 1 atom stereocenters. The SMILES string of the molecule is CCOc1ccc([C@H](C(=O)NCCC(C)C)N(C(=O)c2snc(C(N)=O)c2N)c2ccc(OC)cc2)cc1. The van der Waals surface area contributed by atoms with Crippen LogP contribution in [0.15, 0.2) is 48.5 Å². The van der Waals surface area contributed by atoms with E-state index in [4.69, 9.17) is 20.9 Å². The standard InChI is InChI=1S/C27H33N5O5S/c1-5-37-20-10-6-17(7-11-20)23(26(34)30-15-14-16(2)3)32(18-8-12-19(36-4)13-9-18)27(35)24-21(28)22(25(29)33)31-38-24/h6-13,16,23H,5,14-15,28H2,1-4H3,(H2,29,33)(H,30,34)/t23-/m1/s1. The van der Waals surface area contributed by atoms with Crippen molar-refractivity contribution < 1.29 is 23.9 Å². The highest BCUT2D eigenvalue weighted by molar-refractivity contribution is 7.09. The molecule has 202 valence electrons. The van der Waals surface area contributed by atoms with Crippen molar-refractivity contribution in [3.8, 4) is 11.5 Å². The Balaban J connectivity index is 2.15. The Morgan fingerprint density at radius 2 is 1.68 bits per heavy atom. The molecule has 0 aliphatic heterocycles. The van der Waals surface area contributed by atoms with Crippen LogP contribution >= 0.6 is 11.5 Å². The number of methoxy groups -OCH3 is 1. The summed E-state index contributed by atoms with van der Waals surface area (Å²) in [6.45, 7) is 6.92. The van der Waals surface area contributed by atoms with Crippen molar-refractivity contribution in [2.45, 2.75) is 33.2 Å². The number of benzene rings is 2. The third-order valence-electron chi connectivity index (χ3n) is 5.76.